The summed E-state index contributed by atoms with van der Waals surface area (Å²) in [7, 11) is 1.62. The van der Waals surface area contributed by atoms with Crippen LogP contribution < -0.4 is 4.74 Å². The molecule has 3 rings (SSSR count). The normalized spacial score (nSPS) is 18.7. The number of carbonyl (C=O) groups is 2. The standard InChI is InChI=1S/C21H23NO4/c1-4-22(14-15-9-11-17(25-3)12-10-15)20(24)21(2)13-16-7-5-6-8-18(16)19(23)26-21/h5-12H,4,13-14H2,1-3H3. The van der Waals surface area contributed by atoms with E-state index in [1.807, 2.05) is 43.3 Å². The summed E-state index contributed by atoms with van der Waals surface area (Å²) in [5.74, 6) is 0.148. The first kappa shape index (κ1) is 18.0. The van der Waals surface area contributed by atoms with Crippen molar-refractivity contribution in [3.8, 4) is 5.75 Å². The zero-order valence-corrected chi connectivity index (χ0v) is 15.3. The summed E-state index contributed by atoms with van der Waals surface area (Å²) in [4.78, 5) is 27.2. The highest BCUT2D eigenvalue weighted by atomic mass is 16.6. The molecule has 0 saturated carbocycles. The molecule has 0 bridgehead atoms. The molecule has 0 spiro atoms. The molecule has 0 N–H and O–H groups in total. The van der Waals surface area contributed by atoms with Crippen LogP contribution in [0.2, 0.25) is 0 Å². The summed E-state index contributed by atoms with van der Waals surface area (Å²) in [5, 5.41) is 0. The fraction of sp³-hybridized carbons (Fsp3) is 0.333. The van der Waals surface area contributed by atoms with E-state index in [0.717, 1.165) is 16.9 Å². The number of hydrogen-bond acceptors (Lipinski definition) is 4. The molecule has 5 nitrogen and oxygen atoms in total. The third kappa shape index (κ3) is 3.43. The Morgan fingerprint density at radius 3 is 2.54 bits per heavy atom. The Balaban J connectivity index is 1.80. The molecule has 0 fully saturated rings. The number of benzene rings is 2. The number of esters is 1. The number of rotatable bonds is 5. The Morgan fingerprint density at radius 2 is 1.88 bits per heavy atom. The molecular formula is C21H23NO4. The molecule has 26 heavy (non-hydrogen) atoms. The third-order valence-electron chi connectivity index (χ3n) is 4.74. The molecule has 1 heterocycles. The van der Waals surface area contributed by atoms with E-state index in [2.05, 4.69) is 0 Å². The molecular weight excluding hydrogens is 330 g/mol. The van der Waals surface area contributed by atoms with Gasteiger partial charge < -0.3 is 14.4 Å². The molecule has 0 radical (unpaired) electrons. The van der Waals surface area contributed by atoms with E-state index in [9.17, 15) is 9.59 Å². The van der Waals surface area contributed by atoms with Gasteiger partial charge in [0.1, 0.15) is 5.75 Å². The van der Waals surface area contributed by atoms with Gasteiger partial charge in [0.25, 0.3) is 5.91 Å². The van der Waals surface area contributed by atoms with Crippen LogP contribution in [0.15, 0.2) is 48.5 Å². The number of amides is 1. The van der Waals surface area contributed by atoms with Crippen molar-refractivity contribution in [2.75, 3.05) is 13.7 Å². The van der Waals surface area contributed by atoms with E-state index in [1.54, 1.807) is 31.1 Å². The van der Waals surface area contributed by atoms with Crippen LogP contribution in [0.1, 0.15) is 35.3 Å². The van der Waals surface area contributed by atoms with E-state index in [0.29, 0.717) is 25.1 Å². The van der Waals surface area contributed by atoms with Gasteiger partial charge in [-0.2, -0.15) is 0 Å². The van der Waals surface area contributed by atoms with Gasteiger partial charge in [-0.1, -0.05) is 30.3 Å². The van der Waals surface area contributed by atoms with Gasteiger partial charge in [0, 0.05) is 19.5 Å². The van der Waals surface area contributed by atoms with Crippen LogP contribution in [0.5, 0.6) is 5.75 Å². The number of likely N-dealkylation sites (N-methyl/N-ethyl adjacent to an activating group) is 1. The molecule has 0 aromatic heterocycles. The summed E-state index contributed by atoms with van der Waals surface area (Å²) in [6, 6.07) is 14.9. The van der Waals surface area contributed by atoms with Crippen molar-refractivity contribution in [2.24, 2.45) is 0 Å². The number of fused-ring (bicyclic) bond motifs is 1. The number of ether oxygens (including phenoxy) is 2. The second-order valence-electron chi connectivity index (χ2n) is 6.62. The lowest BCUT2D eigenvalue weighted by molar-refractivity contribution is -0.151. The topological polar surface area (TPSA) is 55.8 Å². The van der Waals surface area contributed by atoms with Gasteiger partial charge in [0.2, 0.25) is 0 Å². The van der Waals surface area contributed by atoms with Crippen LogP contribution in [0.3, 0.4) is 0 Å². The van der Waals surface area contributed by atoms with Crippen LogP contribution in [0, 0.1) is 0 Å². The maximum Gasteiger partial charge on any atom is 0.339 e. The highest BCUT2D eigenvalue weighted by Gasteiger charge is 2.44. The van der Waals surface area contributed by atoms with Gasteiger partial charge in [0.05, 0.1) is 12.7 Å². The van der Waals surface area contributed by atoms with Gasteiger partial charge in [-0.3, -0.25) is 4.79 Å². The first-order valence-corrected chi connectivity index (χ1v) is 8.70. The van der Waals surface area contributed by atoms with Gasteiger partial charge in [-0.05, 0) is 43.2 Å². The number of nitrogens with zero attached hydrogens (tertiary/aromatic N) is 1. The lowest BCUT2D eigenvalue weighted by Crippen LogP contribution is -2.52. The molecule has 2 aromatic rings. The monoisotopic (exact) mass is 353 g/mol. The molecule has 0 aliphatic carbocycles. The SMILES string of the molecule is CCN(Cc1ccc(OC)cc1)C(=O)C1(C)Cc2ccccc2C(=O)O1. The van der Waals surface area contributed by atoms with Crippen LogP contribution in [-0.4, -0.2) is 36.0 Å². The fourth-order valence-corrected chi connectivity index (χ4v) is 3.26. The summed E-state index contributed by atoms with van der Waals surface area (Å²) < 4.78 is 10.7. The molecule has 1 atom stereocenters. The fourth-order valence-electron chi connectivity index (χ4n) is 3.26. The summed E-state index contributed by atoms with van der Waals surface area (Å²) in [5.41, 5.74) is 1.19. The van der Waals surface area contributed by atoms with Crippen LogP contribution in [0.25, 0.3) is 0 Å². The number of methoxy groups -OCH3 is 1. The van der Waals surface area contributed by atoms with Crippen LogP contribution in [0.4, 0.5) is 0 Å². The first-order valence-electron chi connectivity index (χ1n) is 8.70. The minimum Gasteiger partial charge on any atom is -0.497 e. The molecule has 1 unspecified atom stereocenters. The Morgan fingerprint density at radius 1 is 1.19 bits per heavy atom. The zero-order valence-electron chi connectivity index (χ0n) is 15.3. The predicted octanol–water partition coefficient (Wildman–Crippen LogP) is 3.22. The Labute approximate surface area is 153 Å². The van der Waals surface area contributed by atoms with Crippen molar-refractivity contribution in [1.29, 1.82) is 0 Å². The lowest BCUT2D eigenvalue weighted by atomic mass is 9.88. The van der Waals surface area contributed by atoms with E-state index < -0.39 is 11.6 Å². The minimum atomic E-state index is -1.19. The molecule has 2 aromatic carbocycles. The maximum atomic E-state index is 13.2. The highest BCUT2D eigenvalue weighted by Crippen LogP contribution is 2.30. The lowest BCUT2D eigenvalue weighted by Gasteiger charge is -2.37. The van der Waals surface area contributed by atoms with Crippen molar-refractivity contribution >= 4 is 11.9 Å². The molecule has 136 valence electrons. The van der Waals surface area contributed by atoms with Gasteiger partial charge >= 0.3 is 5.97 Å². The summed E-state index contributed by atoms with van der Waals surface area (Å²) in [6.07, 6.45) is 0.382. The van der Waals surface area contributed by atoms with Gasteiger partial charge in [0.15, 0.2) is 5.60 Å². The second-order valence-corrected chi connectivity index (χ2v) is 6.62. The molecule has 5 heteroatoms. The predicted molar refractivity (Wildman–Crippen MR) is 98.1 cm³/mol. The van der Waals surface area contributed by atoms with E-state index in [-0.39, 0.29) is 5.91 Å². The summed E-state index contributed by atoms with van der Waals surface area (Å²) >= 11 is 0. The average Bonchev–Trinajstić information content (AvgIpc) is 2.66. The minimum absolute atomic E-state index is 0.182. The second kappa shape index (κ2) is 7.20. The van der Waals surface area contributed by atoms with E-state index in [4.69, 9.17) is 9.47 Å². The van der Waals surface area contributed by atoms with Crippen LogP contribution in [-0.2, 0) is 22.5 Å². The largest absolute Gasteiger partial charge is 0.497 e. The van der Waals surface area contributed by atoms with E-state index >= 15 is 0 Å². The first-order chi connectivity index (χ1) is 12.5. The molecule has 1 amide bonds. The number of cyclic esters (lactones) is 1. The Kier molecular flexibility index (Phi) is 4.98. The van der Waals surface area contributed by atoms with Gasteiger partial charge in [-0.25, -0.2) is 4.79 Å². The zero-order chi connectivity index (χ0) is 18.7. The van der Waals surface area contributed by atoms with Crippen LogP contribution >= 0.6 is 0 Å². The molecule has 0 saturated heterocycles. The Hall–Kier alpha value is -2.82. The van der Waals surface area contributed by atoms with Crippen molar-refractivity contribution < 1.29 is 19.1 Å². The van der Waals surface area contributed by atoms with Crippen molar-refractivity contribution in [3.63, 3.8) is 0 Å². The van der Waals surface area contributed by atoms with Crippen molar-refractivity contribution in [2.45, 2.75) is 32.4 Å². The smallest absolute Gasteiger partial charge is 0.339 e. The quantitative estimate of drug-likeness (QED) is 0.775. The molecule has 1 aliphatic rings. The highest BCUT2D eigenvalue weighted by molar-refractivity contribution is 5.97. The molecule has 1 aliphatic heterocycles. The van der Waals surface area contributed by atoms with Gasteiger partial charge in [-0.15, -0.1) is 0 Å². The van der Waals surface area contributed by atoms with Crippen molar-refractivity contribution in [3.05, 3.63) is 65.2 Å². The summed E-state index contributed by atoms with van der Waals surface area (Å²) in [6.45, 7) is 4.59. The average molecular weight is 353 g/mol. The maximum absolute atomic E-state index is 13.2. The number of hydrogen-bond donors (Lipinski definition) is 0. The van der Waals surface area contributed by atoms with E-state index in [1.165, 1.54) is 0 Å². The number of carbonyl (C=O) groups excluding carboxylic acids is 2. The Bertz CT molecular complexity index is 815. The third-order valence-corrected chi connectivity index (χ3v) is 4.74. The van der Waals surface area contributed by atoms with Crippen molar-refractivity contribution in [1.82, 2.24) is 4.90 Å².